The Bertz CT molecular complexity index is 380. The number of hydrogen-bond acceptors (Lipinski definition) is 3. The Morgan fingerprint density at radius 3 is 2.53 bits per heavy atom. The van der Waals surface area contributed by atoms with Crippen molar-refractivity contribution in [1.29, 1.82) is 0 Å². The van der Waals surface area contributed by atoms with Crippen LogP contribution < -0.4 is 10.5 Å². The molecule has 0 heterocycles. The molecule has 1 rings (SSSR count). The summed E-state index contributed by atoms with van der Waals surface area (Å²) in [5, 5.41) is 10.0. The normalized spacial score (nSPS) is 12.8. The van der Waals surface area contributed by atoms with Crippen molar-refractivity contribution in [3.05, 3.63) is 22.2 Å². The minimum atomic E-state index is -0.163. The van der Waals surface area contributed by atoms with Gasteiger partial charge in [-0.25, -0.2) is 0 Å². The Kier molecular flexibility index (Phi) is 5.28. The fourth-order valence-electron chi connectivity index (χ4n) is 1.70. The topological polar surface area (TPSA) is 55.5 Å². The van der Waals surface area contributed by atoms with Crippen LogP contribution in [0.15, 0.2) is 16.6 Å². The van der Waals surface area contributed by atoms with Crippen LogP contribution in [0, 0.1) is 5.92 Å². The van der Waals surface area contributed by atoms with Gasteiger partial charge in [-0.2, -0.15) is 0 Å². The fourth-order valence-corrected chi connectivity index (χ4v) is 2.16. The monoisotopic (exact) mass is 301 g/mol. The molecule has 0 saturated heterocycles. The molecule has 4 heteroatoms. The largest absolute Gasteiger partial charge is 0.504 e. The summed E-state index contributed by atoms with van der Waals surface area (Å²) in [5.41, 5.74) is 6.83. The molecule has 0 aliphatic carbocycles. The number of ether oxygens (including phenoxy) is 1. The molecule has 3 nitrogen and oxygen atoms in total. The molecular weight excluding hydrogens is 282 g/mol. The first kappa shape index (κ1) is 14.3. The van der Waals surface area contributed by atoms with Crippen LogP contribution in [0.25, 0.3) is 0 Å². The van der Waals surface area contributed by atoms with E-state index < -0.39 is 0 Å². The minimum absolute atomic E-state index is 0.145. The quantitative estimate of drug-likeness (QED) is 0.873. The molecule has 96 valence electrons. The Hall–Kier alpha value is -0.740. The van der Waals surface area contributed by atoms with E-state index in [1.807, 2.05) is 6.07 Å². The highest BCUT2D eigenvalue weighted by atomic mass is 79.9. The summed E-state index contributed by atoms with van der Waals surface area (Å²) in [6.07, 6.45) is 1.89. The number of halogens is 1. The summed E-state index contributed by atoms with van der Waals surface area (Å²) in [6, 6.07) is 3.42. The van der Waals surface area contributed by atoms with Crippen molar-refractivity contribution in [3.63, 3.8) is 0 Å². The predicted molar refractivity (Wildman–Crippen MR) is 73.4 cm³/mol. The first-order valence-corrected chi connectivity index (χ1v) is 6.57. The summed E-state index contributed by atoms with van der Waals surface area (Å²) < 4.78 is 5.97. The van der Waals surface area contributed by atoms with Crippen molar-refractivity contribution in [1.82, 2.24) is 0 Å². The lowest BCUT2D eigenvalue weighted by atomic mass is 9.97. The summed E-state index contributed by atoms with van der Waals surface area (Å²) in [4.78, 5) is 0. The van der Waals surface area contributed by atoms with Crippen molar-refractivity contribution < 1.29 is 9.84 Å². The third-order valence-corrected chi connectivity index (χ3v) is 3.20. The number of methoxy groups -OCH3 is 1. The van der Waals surface area contributed by atoms with Gasteiger partial charge in [0.2, 0.25) is 0 Å². The number of benzene rings is 1. The molecule has 17 heavy (non-hydrogen) atoms. The van der Waals surface area contributed by atoms with Gasteiger partial charge < -0.3 is 15.6 Å². The third kappa shape index (κ3) is 3.89. The zero-order valence-corrected chi connectivity index (χ0v) is 12.1. The van der Waals surface area contributed by atoms with E-state index >= 15 is 0 Å². The molecular formula is C13H20BrNO2. The predicted octanol–water partition coefficient (Wildman–Crippen LogP) is 3.60. The molecule has 0 aliphatic rings. The second-order valence-corrected chi connectivity index (χ2v) is 5.54. The molecule has 0 spiro atoms. The van der Waals surface area contributed by atoms with E-state index in [2.05, 4.69) is 29.8 Å². The van der Waals surface area contributed by atoms with E-state index in [1.165, 1.54) is 7.11 Å². The lowest BCUT2D eigenvalue weighted by Crippen LogP contribution is -2.11. The first-order chi connectivity index (χ1) is 7.95. The molecule has 0 fully saturated rings. The number of phenolic OH excluding ortho intramolecular Hbond substituents is 1. The summed E-state index contributed by atoms with van der Waals surface area (Å²) in [5.74, 6) is 1.21. The lowest BCUT2D eigenvalue weighted by molar-refractivity contribution is 0.366. The molecule has 0 unspecified atom stereocenters. The zero-order chi connectivity index (χ0) is 13.0. The number of aromatic hydroxyl groups is 1. The zero-order valence-electron chi connectivity index (χ0n) is 10.5. The van der Waals surface area contributed by atoms with Crippen molar-refractivity contribution in [2.24, 2.45) is 11.7 Å². The standard InChI is InChI=1S/C13H20BrNO2/c1-8(2)4-5-11(15)10-6-9(14)7-12(17-3)13(10)16/h6-8,11,16H,4-5,15H2,1-3H3/t11-/m1/s1. The van der Waals surface area contributed by atoms with Crippen LogP contribution in [0.5, 0.6) is 11.5 Å². The van der Waals surface area contributed by atoms with Crippen LogP contribution in [0.2, 0.25) is 0 Å². The Balaban J connectivity index is 2.92. The van der Waals surface area contributed by atoms with Crippen LogP contribution in [0.4, 0.5) is 0 Å². The number of nitrogens with two attached hydrogens (primary N) is 1. The van der Waals surface area contributed by atoms with E-state index in [0.717, 1.165) is 22.9 Å². The molecule has 1 aromatic carbocycles. The number of phenols is 1. The maximum absolute atomic E-state index is 10.0. The average molecular weight is 302 g/mol. The lowest BCUT2D eigenvalue weighted by Gasteiger charge is -2.17. The summed E-state index contributed by atoms with van der Waals surface area (Å²) in [6.45, 7) is 4.32. The van der Waals surface area contributed by atoms with E-state index in [-0.39, 0.29) is 11.8 Å². The molecule has 0 aliphatic heterocycles. The molecule has 0 radical (unpaired) electrons. The number of hydrogen-bond donors (Lipinski definition) is 2. The van der Waals surface area contributed by atoms with Crippen molar-refractivity contribution >= 4 is 15.9 Å². The van der Waals surface area contributed by atoms with Gasteiger partial charge in [-0.1, -0.05) is 29.8 Å². The number of rotatable bonds is 5. The highest BCUT2D eigenvalue weighted by Crippen LogP contribution is 2.37. The van der Waals surface area contributed by atoms with Crippen LogP contribution >= 0.6 is 15.9 Å². The van der Waals surface area contributed by atoms with Crippen LogP contribution in [0.3, 0.4) is 0 Å². The van der Waals surface area contributed by atoms with Crippen LogP contribution in [-0.4, -0.2) is 12.2 Å². The smallest absolute Gasteiger partial charge is 0.162 e. The summed E-state index contributed by atoms with van der Waals surface area (Å²) in [7, 11) is 1.53. The van der Waals surface area contributed by atoms with E-state index in [4.69, 9.17) is 10.5 Å². The summed E-state index contributed by atoms with van der Waals surface area (Å²) >= 11 is 3.39. The van der Waals surface area contributed by atoms with Gasteiger partial charge in [0.25, 0.3) is 0 Å². The second kappa shape index (κ2) is 6.26. The van der Waals surface area contributed by atoms with Gasteiger partial charge in [0.1, 0.15) is 0 Å². The van der Waals surface area contributed by atoms with Gasteiger partial charge >= 0.3 is 0 Å². The van der Waals surface area contributed by atoms with Gasteiger partial charge in [0.05, 0.1) is 7.11 Å². The minimum Gasteiger partial charge on any atom is -0.504 e. The van der Waals surface area contributed by atoms with Gasteiger partial charge in [-0.3, -0.25) is 0 Å². The maximum Gasteiger partial charge on any atom is 0.162 e. The molecule has 0 aromatic heterocycles. The van der Waals surface area contributed by atoms with Crippen molar-refractivity contribution in [3.8, 4) is 11.5 Å². The van der Waals surface area contributed by atoms with E-state index in [0.29, 0.717) is 11.7 Å². The van der Waals surface area contributed by atoms with Crippen LogP contribution in [-0.2, 0) is 0 Å². The van der Waals surface area contributed by atoms with Gasteiger partial charge in [-0.15, -0.1) is 0 Å². The molecule has 1 atom stereocenters. The van der Waals surface area contributed by atoms with Gasteiger partial charge in [0.15, 0.2) is 11.5 Å². The van der Waals surface area contributed by atoms with Crippen molar-refractivity contribution in [2.75, 3.05) is 7.11 Å². The Morgan fingerprint density at radius 1 is 1.35 bits per heavy atom. The Labute approximate surface area is 111 Å². The SMILES string of the molecule is COc1cc(Br)cc([C@H](N)CCC(C)C)c1O. The molecule has 1 aromatic rings. The highest BCUT2D eigenvalue weighted by molar-refractivity contribution is 9.10. The highest BCUT2D eigenvalue weighted by Gasteiger charge is 2.16. The van der Waals surface area contributed by atoms with Crippen molar-refractivity contribution in [2.45, 2.75) is 32.7 Å². The van der Waals surface area contributed by atoms with E-state index in [9.17, 15) is 5.11 Å². The first-order valence-electron chi connectivity index (χ1n) is 5.77. The fraction of sp³-hybridized carbons (Fsp3) is 0.538. The van der Waals surface area contributed by atoms with Crippen LogP contribution in [0.1, 0.15) is 38.3 Å². The third-order valence-electron chi connectivity index (χ3n) is 2.74. The molecule has 0 bridgehead atoms. The molecule has 3 N–H and O–H groups in total. The van der Waals surface area contributed by atoms with E-state index in [1.54, 1.807) is 6.07 Å². The maximum atomic E-state index is 10.0. The molecule has 0 amide bonds. The average Bonchev–Trinajstić information content (AvgIpc) is 2.28. The van der Waals surface area contributed by atoms with Gasteiger partial charge in [-0.05, 0) is 30.9 Å². The Morgan fingerprint density at radius 2 is 2.00 bits per heavy atom. The second-order valence-electron chi connectivity index (χ2n) is 4.62. The van der Waals surface area contributed by atoms with Gasteiger partial charge in [0, 0.05) is 16.1 Å². The molecule has 0 saturated carbocycles.